The maximum atomic E-state index is 11.3. The maximum Gasteiger partial charge on any atom is 0.188 e. The van der Waals surface area contributed by atoms with Gasteiger partial charge in [0.2, 0.25) is 0 Å². The van der Waals surface area contributed by atoms with E-state index in [0.29, 0.717) is 5.75 Å². The molecule has 0 aliphatic heterocycles. The summed E-state index contributed by atoms with van der Waals surface area (Å²) in [5, 5.41) is 0. The Morgan fingerprint density at radius 1 is 1.21 bits per heavy atom. The van der Waals surface area contributed by atoms with E-state index < -0.39 is 0 Å². The maximum absolute atomic E-state index is 11.3. The summed E-state index contributed by atoms with van der Waals surface area (Å²) in [6.45, 7) is 2.17. The Morgan fingerprint density at radius 3 is 2.71 bits per heavy atom. The molecule has 0 amide bonds. The van der Waals surface area contributed by atoms with Gasteiger partial charge in [0, 0.05) is 12.7 Å². The van der Waals surface area contributed by atoms with Crippen molar-refractivity contribution in [2.45, 2.75) is 26.2 Å². The van der Waals surface area contributed by atoms with Crippen LogP contribution in [0.3, 0.4) is 0 Å². The summed E-state index contributed by atoms with van der Waals surface area (Å²) in [5.41, 5.74) is 4.06. The Bertz CT molecular complexity index is 770. The molecule has 0 atom stereocenters. The summed E-state index contributed by atoms with van der Waals surface area (Å²) in [6, 6.07) is 7.50. The Balaban J connectivity index is 1.91. The van der Waals surface area contributed by atoms with Crippen LogP contribution in [-0.2, 0) is 17.6 Å². The second-order valence-electron chi connectivity index (χ2n) is 5.79. The second kappa shape index (κ2) is 7.36. The van der Waals surface area contributed by atoms with Crippen LogP contribution in [0.15, 0.2) is 28.7 Å². The zero-order valence-corrected chi connectivity index (χ0v) is 15.3. The lowest BCUT2D eigenvalue weighted by molar-refractivity contribution is 0.0505. The number of ether oxygens (including phenoxy) is 3. The number of fused-ring (bicyclic) bond motifs is 1. The van der Waals surface area contributed by atoms with Crippen molar-refractivity contribution in [3.8, 4) is 17.2 Å². The first-order chi connectivity index (χ1) is 11.6. The van der Waals surface area contributed by atoms with Gasteiger partial charge in [-0.3, -0.25) is 4.79 Å². The van der Waals surface area contributed by atoms with E-state index in [9.17, 15) is 4.79 Å². The highest BCUT2D eigenvalue weighted by molar-refractivity contribution is 9.10. The van der Waals surface area contributed by atoms with Crippen LogP contribution in [0.5, 0.6) is 17.2 Å². The monoisotopic (exact) mass is 390 g/mol. The molecular weight excluding hydrogens is 372 g/mol. The van der Waals surface area contributed by atoms with Crippen LogP contribution in [0, 0.1) is 6.92 Å². The van der Waals surface area contributed by atoms with Crippen LogP contribution < -0.4 is 9.47 Å². The van der Waals surface area contributed by atoms with Crippen molar-refractivity contribution in [2.24, 2.45) is 0 Å². The number of aryl methyl sites for hydroxylation is 1. The van der Waals surface area contributed by atoms with E-state index in [1.807, 2.05) is 31.2 Å². The molecular formula is C19H19BrO4. The molecule has 0 bridgehead atoms. The standard InChI is InChI=1S/C19H19BrO4/c1-12-8-13(10-21)15-4-3-5-16(15)19(12)24-14-6-7-18(17(20)9-14)23-11-22-2/h6-10H,3-5,11H2,1-2H3. The number of aldehydes is 1. The van der Waals surface area contributed by atoms with Gasteiger partial charge in [-0.15, -0.1) is 0 Å². The number of carbonyl (C=O) groups excluding carboxylic acids is 1. The van der Waals surface area contributed by atoms with Crippen LogP contribution >= 0.6 is 15.9 Å². The Hall–Kier alpha value is -1.85. The van der Waals surface area contributed by atoms with E-state index >= 15 is 0 Å². The van der Waals surface area contributed by atoms with Crippen molar-refractivity contribution in [3.63, 3.8) is 0 Å². The number of rotatable bonds is 6. The van der Waals surface area contributed by atoms with E-state index in [1.54, 1.807) is 7.11 Å². The summed E-state index contributed by atoms with van der Waals surface area (Å²) in [6.07, 6.45) is 3.89. The Morgan fingerprint density at radius 2 is 2.00 bits per heavy atom. The molecule has 5 heteroatoms. The fourth-order valence-electron chi connectivity index (χ4n) is 3.09. The van der Waals surface area contributed by atoms with E-state index in [0.717, 1.165) is 63.8 Å². The van der Waals surface area contributed by atoms with Crippen LogP contribution in [0.25, 0.3) is 0 Å². The molecule has 0 unspecified atom stereocenters. The lowest BCUT2D eigenvalue weighted by Crippen LogP contribution is -2.00. The van der Waals surface area contributed by atoms with Crippen LogP contribution in [0.2, 0.25) is 0 Å². The van der Waals surface area contributed by atoms with Crippen LogP contribution in [-0.4, -0.2) is 20.2 Å². The predicted molar refractivity (Wildman–Crippen MR) is 95.3 cm³/mol. The number of benzene rings is 2. The number of hydrogen-bond acceptors (Lipinski definition) is 4. The summed E-state index contributed by atoms with van der Waals surface area (Å²) in [7, 11) is 1.58. The Labute approximate surface area is 149 Å². The van der Waals surface area contributed by atoms with Crippen LogP contribution in [0.4, 0.5) is 0 Å². The van der Waals surface area contributed by atoms with Crippen LogP contribution in [0.1, 0.15) is 33.5 Å². The van der Waals surface area contributed by atoms with Crippen molar-refractivity contribution in [3.05, 3.63) is 51.0 Å². The lowest BCUT2D eigenvalue weighted by Gasteiger charge is -2.16. The normalized spacial score (nSPS) is 12.8. The van der Waals surface area contributed by atoms with Gasteiger partial charge < -0.3 is 14.2 Å². The van der Waals surface area contributed by atoms with E-state index in [-0.39, 0.29) is 6.79 Å². The van der Waals surface area contributed by atoms with Gasteiger partial charge in [-0.25, -0.2) is 0 Å². The summed E-state index contributed by atoms with van der Waals surface area (Å²) >= 11 is 3.49. The molecule has 0 spiro atoms. The fourth-order valence-corrected chi connectivity index (χ4v) is 3.56. The van der Waals surface area contributed by atoms with Crippen molar-refractivity contribution in [2.75, 3.05) is 13.9 Å². The van der Waals surface area contributed by atoms with Gasteiger partial charge in [-0.2, -0.15) is 0 Å². The first kappa shape index (κ1) is 17.0. The summed E-state index contributed by atoms with van der Waals surface area (Å²) < 4.78 is 17.3. The molecule has 0 aromatic heterocycles. The van der Waals surface area contributed by atoms with Gasteiger partial charge in [0.05, 0.1) is 4.47 Å². The first-order valence-electron chi connectivity index (χ1n) is 7.83. The molecule has 1 aliphatic carbocycles. The fraction of sp³-hybridized carbons (Fsp3) is 0.316. The topological polar surface area (TPSA) is 44.8 Å². The number of halogens is 1. The zero-order valence-electron chi connectivity index (χ0n) is 13.7. The van der Waals surface area contributed by atoms with Gasteiger partial charge in [0.15, 0.2) is 6.79 Å². The van der Waals surface area contributed by atoms with Gasteiger partial charge in [-0.05, 0) is 83.1 Å². The number of hydrogen-bond donors (Lipinski definition) is 0. The minimum atomic E-state index is 0.193. The van der Waals surface area contributed by atoms with E-state index in [2.05, 4.69) is 15.9 Å². The first-order valence-corrected chi connectivity index (χ1v) is 8.63. The predicted octanol–water partition coefficient (Wildman–Crippen LogP) is 4.83. The highest BCUT2D eigenvalue weighted by atomic mass is 79.9. The largest absolute Gasteiger partial charge is 0.466 e. The number of methoxy groups -OCH3 is 1. The third-order valence-electron chi connectivity index (χ3n) is 4.15. The van der Waals surface area contributed by atoms with Gasteiger partial charge >= 0.3 is 0 Å². The third-order valence-corrected chi connectivity index (χ3v) is 4.77. The molecule has 2 aromatic rings. The molecule has 4 nitrogen and oxygen atoms in total. The van der Waals surface area contributed by atoms with Crippen molar-refractivity contribution in [1.29, 1.82) is 0 Å². The molecule has 0 N–H and O–H groups in total. The minimum absolute atomic E-state index is 0.193. The molecule has 0 saturated heterocycles. The lowest BCUT2D eigenvalue weighted by atomic mass is 9.99. The molecule has 126 valence electrons. The SMILES string of the molecule is COCOc1ccc(Oc2c(C)cc(C=O)c3c2CCC3)cc1Br. The molecule has 1 aliphatic rings. The van der Waals surface area contributed by atoms with Crippen molar-refractivity contribution < 1.29 is 19.0 Å². The summed E-state index contributed by atoms with van der Waals surface area (Å²) in [4.78, 5) is 11.3. The summed E-state index contributed by atoms with van der Waals surface area (Å²) in [5.74, 6) is 2.29. The molecule has 24 heavy (non-hydrogen) atoms. The second-order valence-corrected chi connectivity index (χ2v) is 6.64. The highest BCUT2D eigenvalue weighted by Crippen LogP contribution is 2.39. The van der Waals surface area contributed by atoms with Gasteiger partial charge in [0.1, 0.15) is 23.5 Å². The molecule has 0 fully saturated rings. The van der Waals surface area contributed by atoms with E-state index in [4.69, 9.17) is 14.2 Å². The average molecular weight is 391 g/mol. The average Bonchev–Trinajstić information content (AvgIpc) is 3.06. The van der Waals surface area contributed by atoms with Crippen molar-refractivity contribution >= 4 is 22.2 Å². The quantitative estimate of drug-likeness (QED) is 0.523. The zero-order chi connectivity index (χ0) is 17.1. The Kier molecular flexibility index (Phi) is 5.21. The molecule has 0 saturated carbocycles. The number of carbonyl (C=O) groups is 1. The smallest absolute Gasteiger partial charge is 0.188 e. The van der Waals surface area contributed by atoms with E-state index in [1.165, 1.54) is 0 Å². The highest BCUT2D eigenvalue weighted by Gasteiger charge is 2.22. The molecule has 3 rings (SSSR count). The minimum Gasteiger partial charge on any atom is -0.466 e. The van der Waals surface area contributed by atoms with Gasteiger partial charge in [0.25, 0.3) is 0 Å². The molecule has 0 heterocycles. The molecule has 2 aromatic carbocycles. The van der Waals surface area contributed by atoms with Crippen molar-refractivity contribution in [1.82, 2.24) is 0 Å². The van der Waals surface area contributed by atoms with Gasteiger partial charge in [-0.1, -0.05) is 0 Å². The molecule has 0 radical (unpaired) electrons. The third kappa shape index (κ3) is 3.32.